The fraction of sp³-hybridized carbons (Fsp3) is 0.462. The van der Waals surface area contributed by atoms with Crippen LogP contribution in [0.25, 0.3) is 11.0 Å². The molecule has 0 unspecified atom stereocenters. The first-order valence-electron chi connectivity index (χ1n) is 6.21. The number of halogens is 1. The number of carbonyl (C=O) groups is 1. The molecule has 2 aromatic rings. The molecule has 0 aliphatic carbocycles. The zero-order valence-corrected chi connectivity index (χ0v) is 11.9. The molecule has 0 atom stereocenters. The van der Waals surface area contributed by atoms with E-state index < -0.39 is 5.97 Å². The predicted octanol–water partition coefficient (Wildman–Crippen LogP) is 2.92. The van der Waals surface area contributed by atoms with Crippen molar-refractivity contribution in [2.45, 2.75) is 27.3 Å². The van der Waals surface area contributed by atoms with Gasteiger partial charge in [0.15, 0.2) is 5.65 Å². The molecule has 0 N–H and O–H groups in total. The summed E-state index contributed by atoms with van der Waals surface area (Å²) in [5.41, 5.74) is 0.965. The van der Waals surface area contributed by atoms with Gasteiger partial charge < -0.3 is 4.74 Å². The second kappa shape index (κ2) is 5.57. The van der Waals surface area contributed by atoms with Crippen LogP contribution < -0.4 is 0 Å². The minimum Gasteiger partial charge on any atom is -0.462 e. The van der Waals surface area contributed by atoms with Crippen LogP contribution in [0.5, 0.6) is 0 Å². The molecule has 2 aromatic heterocycles. The molecule has 0 spiro atoms. The summed E-state index contributed by atoms with van der Waals surface area (Å²) in [6.07, 6.45) is 3.08. The van der Waals surface area contributed by atoms with Gasteiger partial charge in [-0.1, -0.05) is 25.4 Å². The Hall–Kier alpha value is -1.62. The first-order chi connectivity index (χ1) is 9.04. The molecule has 0 amide bonds. The average molecular weight is 282 g/mol. The highest BCUT2D eigenvalue weighted by Gasteiger charge is 2.17. The summed E-state index contributed by atoms with van der Waals surface area (Å²) in [5, 5.41) is 5.28. The molecular weight excluding hydrogens is 266 g/mol. The van der Waals surface area contributed by atoms with Crippen molar-refractivity contribution < 1.29 is 9.53 Å². The van der Waals surface area contributed by atoms with E-state index in [0.29, 0.717) is 28.6 Å². The van der Waals surface area contributed by atoms with Gasteiger partial charge in [0, 0.05) is 12.7 Å². The van der Waals surface area contributed by atoms with Crippen LogP contribution in [-0.4, -0.2) is 27.3 Å². The van der Waals surface area contributed by atoms with Crippen LogP contribution in [0, 0.1) is 5.92 Å². The molecule has 19 heavy (non-hydrogen) atoms. The van der Waals surface area contributed by atoms with Gasteiger partial charge >= 0.3 is 5.97 Å². The SMILES string of the molecule is CCOC(=O)c1cnc2c(cnn2CC(C)C)c1Cl. The molecule has 2 rings (SSSR count). The average Bonchev–Trinajstić information content (AvgIpc) is 2.73. The molecule has 0 bridgehead atoms. The Bertz CT molecular complexity index is 607. The van der Waals surface area contributed by atoms with E-state index in [1.165, 1.54) is 6.20 Å². The van der Waals surface area contributed by atoms with Crippen LogP contribution in [0.2, 0.25) is 5.02 Å². The molecule has 102 valence electrons. The number of nitrogens with zero attached hydrogens (tertiary/aromatic N) is 3. The second-order valence-corrected chi connectivity index (χ2v) is 5.04. The van der Waals surface area contributed by atoms with Crippen molar-refractivity contribution in [2.24, 2.45) is 5.92 Å². The summed E-state index contributed by atoms with van der Waals surface area (Å²) >= 11 is 6.23. The van der Waals surface area contributed by atoms with Gasteiger partial charge in [-0.15, -0.1) is 0 Å². The Morgan fingerprint density at radius 2 is 2.21 bits per heavy atom. The van der Waals surface area contributed by atoms with Crippen molar-refractivity contribution in [1.29, 1.82) is 0 Å². The number of fused-ring (bicyclic) bond motifs is 1. The summed E-state index contributed by atoms with van der Waals surface area (Å²) in [6.45, 7) is 7.01. The van der Waals surface area contributed by atoms with Gasteiger partial charge in [0.1, 0.15) is 0 Å². The lowest BCUT2D eigenvalue weighted by Crippen LogP contribution is -2.08. The zero-order valence-electron chi connectivity index (χ0n) is 11.2. The molecule has 6 heteroatoms. The van der Waals surface area contributed by atoms with Crippen molar-refractivity contribution in [2.75, 3.05) is 6.61 Å². The quantitative estimate of drug-likeness (QED) is 0.809. The normalized spacial score (nSPS) is 11.2. The van der Waals surface area contributed by atoms with E-state index in [0.717, 1.165) is 6.54 Å². The number of carbonyl (C=O) groups excluding carboxylic acids is 1. The maximum Gasteiger partial charge on any atom is 0.341 e. The molecule has 0 radical (unpaired) electrons. The Kier molecular flexibility index (Phi) is 4.04. The molecule has 2 heterocycles. The first-order valence-corrected chi connectivity index (χ1v) is 6.59. The standard InChI is InChI=1S/C13H16ClN3O2/c1-4-19-13(18)10-5-15-12-9(11(10)14)6-16-17(12)7-8(2)3/h5-6,8H,4,7H2,1-3H3. The van der Waals surface area contributed by atoms with Gasteiger partial charge in [0.2, 0.25) is 0 Å². The van der Waals surface area contributed by atoms with E-state index in [2.05, 4.69) is 23.9 Å². The molecule has 0 aliphatic heterocycles. The second-order valence-electron chi connectivity index (χ2n) is 4.66. The van der Waals surface area contributed by atoms with Crippen LogP contribution >= 0.6 is 11.6 Å². The molecule has 0 saturated heterocycles. The fourth-order valence-electron chi connectivity index (χ4n) is 1.83. The highest BCUT2D eigenvalue weighted by molar-refractivity contribution is 6.38. The summed E-state index contributed by atoms with van der Waals surface area (Å²) in [5.74, 6) is -0.00748. The Morgan fingerprint density at radius 1 is 1.47 bits per heavy atom. The van der Waals surface area contributed by atoms with Crippen LogP contribution in [0.1, 0.15) is 31.1 Å². The number of pyridine rings is 1. The summed E-state index contributed by atoms with van der Waals surface area (Å²) in [7, 11) is 0. The van der Waals surface area contributed by atoms with Crippen molar-refractivity contribution in [3.63, 3.8) is 0 Å². The van der Waals surface area contributed by atoms with Crippen LogP contribution in [0.4, 0.5) is 0 Å². The zero-order chi connectivity index (χ0) is 14.0. The van der Waals surface area contributed by atoms with Gasteiger partial charge in [0.05, 0.1) is 28.8 Å². The van der Waals surface area contributed by atoms with Crippen molar-refractivity contribution in [3.05, 3.63) is 23.0 Å². The minimum atomic E-state index is -0.460. The molecule has 5 nitrogen and oxygen atoms in total. The fourth-order valence-corrected chi connectivity index (χ4v) is 2.09. The smallest absolute Gasteiger partial charge is 0.341 e. The van der Waals surface area contributed by atoms with Crippen LogP contribution in [0.15, 0.2) is 12.4 Å². The molecule has 0 fully saturated rings. The third-order valence-electron chi connectivity index (χ3n) is 2.63. The van der Waals surface area contributed by atoms with Crippen molar-refractivity contribution in [1.82, 2.24) is 14.8 Å². The molecule has 0 saturated carbocycles. The predicted molar refractivity (Wildman–Crippen MR) is 73.3 cm³/mol. The van der Waals surface area contributed by atoms with E-state index in [-0.39, 0.29) is 5.56 Å². The summed E-state index contributed by atoms with van der Waals surface area (Å²) in [6, 6.07) is 0. The lowest BCUT2D eigenvalue weighted by atomic mass is 10.2. The third-order valence-corrected chi connectivity index (χ3v) is 3.04. The maximum absolute atomic E-state index is 11.7. The van der Waals surface area contributed by atoms with Crippen molar-refractivity contribution in [3.8, 4) is 0 Å². The highest BCUT2D eigenvalue weighted by atomic mass is 35.5. The monoisotopic (exact) mass is 281 g/mol. The number of hydrogen-bond donors (Lipinski definition) is 0. The molecular formula is C13H16ClN3O2. The van der Waals surface area contributed by atoms with Gasteiger partial charge in [-0.3, -0.25) is 0 Å². The van der Waals surface area contributed by atoms with Crippen LogP contribution in [0.3, 0.4) is 0 Å². The van der Waals surface area contributed by atoms with Gasteiger partial charge in [-0.2, -0.15) is 5.10 Å². The van der Waals surface area contributed by atoms with Gasteiger partial charge in [-0.25, -0.2) is 14.5 Å². The summed E-state index contributed by atoms with van der Waals surface area (Å²) < 4.78 is 6.73. The number of rotatable bonds is 4. The lowest BCUT2D eigenvalue weighted by Gasteiger charge is -2.07. The van der Waals surface area contributed by atoms with E-state index >= 15 is 0 Å². The van der Waals surface area contributed by atoms with Gasteiger partial charge in [-0.05, 0) is 12.8 Å². The number of aromatic nitrogens is 3. The number of ether oxygens (including phenoxy) is 1. The topological polar surface area (TPSA) is 57.0 Å². The summed E-state index contributed by atoms with van der Waals surface area (Å²) in [4.78, 5) is 16.0. The Morgan fingerprint density at radius 3 is 2.84 bits per heavy atom. The van der Waals surface area contributed by atoms with Gasteiger partial charge in [0.25, 0.3) is 0 Å². The largest absolute Gasteiger partial charge is 0.462 e. The van der Waals surface area contributed by atoms with E-state index in [4.69, 9.17) is 16.3 Å². The molecule has 0 aromatic carbocycles. The minimum absolute atomic E-state index is 0.278. The Labute approximate surface area is 116 Å². The van der Waals surface area contributed by atoms with E-state index in [9.17, 15) is 4.79 Å². The Balaban J connectivity index is 2.46. The maximum atomic E-state index is 11.7. The molecule has 0 aliphatic rings. The number of esters is 1. The van der Waals surface area contributed by atoms with E-state index in [1.54, 1.807) is 17.8 Å². The lowest BCUT2D eigenvalue weighted by molar-refractivity contribution is 0.0526. The number of hydrogen-bond acceptors (Lipinski definition) is 4. The van der Waals surface area contributed by atoms with Crippen molar-refractivity contribution >= 4 is 28.6 Å². The first kappa shape index (κ1) is 13.8. The third kappa shape index (κ3) is 2.71. The van der Waals surface area contributed by atoms with E-state index in [1.807, 2.05) is 0 Å². The van der Waals surface area contributed by atoms with Crippen LogP contribution in [-0.2, 0) is 11.3 Å². The highest BCUT2D eigenvalue weighted by Crippen LogP contribution is 2.26.